The molecule has 0 fully saturated rings. The fourth-order valence-electron chi connectivity index (χ4n) is 1.43. The van der Waals surface area contributed by atoms with E-state index in [-0.39, 0.29) is 21.2 Å². The molecule has 1 aromatic heterocycles. The second-order valence-corrected chi connectivity index (χ2v) is 7.15. The van der Waals surface area contributed by atoms with Crippen molar-refractivity contribution in [3.05, 3.63) is 15.1 Å². The summed E-state index contributed by atoms with van der Waals surface area (Å²) >= 11 is 14.2. The van der Waals surface area contributed by atoms with Crippen LogP contribution in [0.25, 0.3) is 0 Å². The van der Waals surface area contributed by atoms with E-state index in [1.165, 1.54) is 0 Å². The number of amides is 1. The van der Waals surface area contributed by atoms with Gasteiger partial charge in [-0.05, 0) is 43.8 Å². The zero-order chi connectivity index (χ0) is 16.0. The summed E-state index contributed by atoms with van der Waals surface area (Å²) < 4.78 is 9.26. The number of esters is 1. The highest BCUT2D eigenvalue weighted by atomic mass is 35.5. The lowest BCUT2D eigenvalue weighted by Crippen LogP contribution is -2.43. The van der Waals surface area contributed by atoms with E-state index in [0.29, 0.717) is 12.2 Å². The zero-order valence-electron chi connectivity index (χ0n) is 11.8. The molecule has 1 heterocycles. The molecule has 1 amide bonds. The van der Waals surface area contributed by atoms with Gasteiger partial charge in [-0.15, -0.1) is 0 Å². The minimum absolute atomic E-state index is 0.0261. The fourth-order valence-corrected chi connectivity index (χ4v) is 2.89. The molecular weight excluding hydrogens is 355 g/mol. The maximum absolute atomic E-state index is 12.1. The summed E-state index contributed by atoms with van der Waals surface area (Å²) in [6, 6.07) is -0.733. The van der Waals surface area contributed by atoms with Crippen LogP contribution in [-0.4, -0.2) is 40.4 Å². The average Bonchev–Trinajstić information content (AvgIpc) is 2.74. The Hall–Kier alpha value is -0.500. The predicted molar refractivity (Wildman–Crippen MR) is 87.6 cm³/mol. The largest absolute Gasteiger partial charge is 0.461 e. The number of carbonyl (C=O) groups is 2. The molecule has 118 valence electrons. The number of ether oxygens (including phenoxy) is 1. The van der Waals surface area contributed by atoms with Gasteiger partial charge in [0, 0.05) is 0 Å². The van der Waals surface area contributed by atoms with Crippen LogP contribution in [0, 0.1) is 0 Å². The standard InChI is InChI=1S/C12H16Cl2N2O3S2/c1-6(2)19-12(18)7(4-5-20-3)15-11(17)9-8(13)10(14)21-16-9/h6-7H,4-5H2,1-3H3,(H,15,17). The second kappa shape index (κ2) is 8.82. The van der Waals surface area contributed by atoms with Crippen LogP contribution in [-0.2, 0) is 9.53 Å². The molecule has 0 radical (unpaired) electrons. The normalized spacial score (nSPS) is 12.3. The predicted octanol–water partition coefficient (Wildman–Crippen LogP) is 3.25. The maximum Gasteiger partial charge on any atom is 0.328 e. The third-order valence-corrected chi connectivity index (χ3v) is 4.62. The van der Waals surface area contributed by atoms with Crippen molar-refractivity contribution in [1.29, 1.82) is 0 Å². The number of thioether (sulfide) groups is 1. The van der Waals surface area contributed by atoms with Crippen molar-refractivity contribution in [3.63, 3.8) is 0 Å². The van der Waals surface area contributed by atoms with E-state index in [4.69, 9.17) is 27.9 Å². The molecule has 1 N–H and O–H groups in total. The van der Waals surface area contributed by atoms with Crippen LogP contribution in [0.15, 0.2) is 0 Å². The SMILES string of the molecule is CSCCC(NC(=O)c1nsc(Cl)c1Cl)C(=O)OC(C)C. The summed E-state index contributed by atoms with van der Waals surface area (Å²) in [5.74, 6) is -0.288. The summed E-state index contributed by atoms with van der Waals surface area (Å²) in [5, 5.41) is 2.70. The van der Waals surface area contributed by atoms with Crippen molar-refractivity contribution in [2.75, 3.05) is 12.0 Å². The zero-order valence-corrected chi connectivity index (χ0v) is 15.0. The van der Waals surface area contributed by atoms with Gasteiger partial charge in [-0.2, -0.15) is 16.1 Å². The molecule has 0 aliphatic carbocycles. The number of halogens is 2. The van der Waals surface area contributed by atoms with Crippen molar-refractivity contribution in [2.45, 2.75) is 32.4 Å². The van der Waals surface area contributed by atoms with Gasteiger partial charge in [0.15, 0.2) is 5.69 Å². The smallest absolute Gasteiger partial charge is 0.328 e. The molecule has 1 unspecified atom stereocenters. The van der Waals surface area contributed by atoms with Gasteiger partial charge in [0.05, 0.1) is 6.10 Å². The van der Waals surface area contributed by atoms with Crippen LogP contribution in [0.5, 0.6) is 0 Å². The van der Waals surface area contributed by atoms with Crippen LogP contribution < -0.4 is 5.32 Å². The Morgan fingerprint density at radius 1 is 1.43 bits per heavy atom. The first kappa shape index (κ1) is 18.5. The van der Waals surface area contributed by atoms with Gasteiger partial charge in [0.2, 0.25) is 0 Å². The van der Waals surface area contributed by atoms with Gasteiger partial charge in [0.25, 0.3) is 5.91 Å². The third-order valence-electron chi connectivity index (χ3n) is 2.36. The number of carbonyl (C=O) groups excluding carboxylic acids is 2. The number of nitrogens with zero attached hydrogens (tertiary/aromatic N) is 1. The minimum atomic E-state index is -0.733. The van der Waals surface area contributed by atoms with E-state index in [1.54, 1.807) is 25.6 Å². The maximum atomic E-state index is 12.1. The van der Waals surface area contributed by atoms with Gasteiger partial charge in [-0.25, -0.2) is 4.79 Å². The van der Waals surface area contributed by atoms with E-state index in [1.807, 2.05) is 6.26 Å². The average molecular weight is 371 g/mol. The number of rotatable bonds is 7. The summed E-state index contributed by atoms with van der Waals surface area (Å²) in [7, 11) is 0. The molecule has 0 bridgehead atoms. The molecule has 0 spiro atoms. The Balaban J connectivity index is 2.78. The first-order valence-electron chi connectivity index (χ1n) is 6.17. The van der Waals surface area contributed by atoms with E-state index in [0.717, 1.165) is 11.5 Å². The van der Waals surface area contributed by atoms with Crippen molar-refractivity contribution < 1.29 is 14.3 Å². The topological polar surface area (TPSA) is 68.3 Å². The van der Waals surface area contributed by atoms with Gasteiger partial charge in [-0.3, -0.25) is 4.79 Å². The molecule has 1 aromatic rings. The molecule has 0 aliphatic heterocycles. The van der Waals surface area contributed by atoms with Gasteiger partial charge < -0.3 is 10.1 Å². The molecule has 1 atom stereocenters. The van der Waals surface area contributed by atoms with E-state index >= 15 is 0 Å². The molecule has 21 heavy (non-hydrogen) atoms. The Kier molecular flexibility index (Phi) is 7.79. The van der Waals surface area contributed by atoms with Crippen LogP contribution in [0.2, 0.25) is 9.36 Å². The number of hydrogen-bond acceptors (Lipinski definition) is 6. The molecule has 9 heteroatoms. The summed E-state index contributed by atoms with van der Waals surface area (Å²) in [4.78, 5) is 24.1. The molecule has 0 saturated carbocycles. The first-order chi connectivity index (χ1) is 9.86. The highest BCUT2D eigenvalue weighted by Crippen LogP contribution is 2.29. The third kappa shape index (κ3) is 5.65. The molecule has 1 rings (SSSR count). The lowest BCUT2D eigenvalue weighted by molar-refractivity contribution is -0.149. The highest BCUT2D eigenvalue weighted by Gasteiger charge is 2.26. The van der Waals surface area contributed by atoms with Crippen molar-refractivity contribution in [1.82, 2.24) is 9.69 Å². The van der Waals surface area contributed by atoms with Gasteiger partial charge in [0.1, 0.15) is 15.4 Å². The van der Waals surface area contributed by atoms with Crippen molar-refractivity contribution >= 4 is 58.4 Å². The number of hydrogen-bond donors (Lipinski definition) is 1. The van der Waals surface area contributed by atoms with E-state index in [2.05, 4.69) is 9.69 Å². The Morgan fingerprint density at radius 2 is 2.10 bits per heavy atom. The summed E-state index contributed by atoms with van der Waals surface area (Å²) in [5.41, 5.74) is 0.0261. The Labute approximate surface area is 141 Å². The highest BCUT2D eigenvalue weighted by molar-refractivity contribution is 7.98. The number of nitrogens with one attached hydrogen (secondary N) is 1. The fraction of sp³-hybridized carbons (Fsp3) is 0.583. The van der Waals surface area contributed by atoms with Crippen LogP contribution in [0.4, 0.5) is 0 Å². The van der Waals surface area contributed by atoms with Gasteiger partial charge in [-0.1, -0.05) is 23.2 Å². The molecule has 0 aromatic carbocycles. The number of aromatic nitrogens is 1. The quantitative estimate of drug-likeness (QED) is 0.746. The first-order valence-corrected chi connectivity index (χ1v) is 9.10. The minimum Gasteiger partial charge on any atom is -0.461 e. The summed E-state index contributed by atoms with van der Waals surface area (Å²) in [6.07, 6.45) is 2.14. The van der Waals surface area contributed by atoms with Gasteiger partial charge >= 0.3 is 5.97 Å². The lowest BCUT2D eigenvalue weighted by atomic mass is 10.2. The molecule has 0 saturated heterocycles. The van der Waals surface area contributed by atoms with E-state index < -0.39 is 17.9 Å². The van der Waals surface area contributed by atoms with Crippen molar-refractivity contribution in [3.8, 4) is 0 Å². The second-order valence-electron chi connectivity index (χ2n) is 4.41. The Morgan fingerprint density at radius 3 is 2.57 bits per heavy atom. The molecule has 0 aliphatic rings. The summed E-state index contributed by atoms with van der Waals surface area (Å²) in [6.45, 7) is 3.50. The van der Waals surface area contributed by atoms with Crippen LogP contribution in [0.1, 0.15) is 30.8 Å². The molecular formula is C12H16Cl2N2O3S2. The Bertz CT molecular complexity index is 509. The lowest BCUT2D eigenvalue weighted by Gasteiger charge is -2.18. The van der Waals surface area contributed by atoms with Crippen LogP contribution >= 0.6 is 46.5 Å². The monoisotopic (exact) mass is 370 g/mol. The van der Waals surface area contributed by atoms with Crippen LogP contribution in [0.3, 0.4) is 0 Å². The van der Waals surface area contributed by atoms with E-state index in [9.17, 15) is 9.59 Å². The van der Waals surface area contributed by atoms with Crippen molar-refractivity contribution in [2.24, 2.45) is 0 Å². The molecule has 5 nitrogen and oxygen atoms in total.